The number of hydrogen-bond donors (Lipinski definition) is 1. The number of benzene rings is 1. The Hall–Kier alpha value is -0.840. The third-order valence-electron chi connectivity index (χ3n) is 2.78. The molecule has 0 saturated carbocycles. The van der Waals surface area contributed by atoms with Crippen LogP contribution in [0.1, 0.15) is 25.5 Å². The maximum absolute atomic E-state index is 13.4. The third kappa shape index (κ3) is 3.57. The first kappa shape index (κ1) is 15.2. The fourth-order valence-corrected chi connectivity index (χ4v) is 2.29. The van der Waals surface area contributed by atoms with E-state index in [1.807, 2.05) is 6.92 Å². The van der Waals surface area contributed by atoms with Gasteiger partial charge in [-0.15, -0.1) is 0 Å². The van der Waals surface area contributed by atoms with Gasteiger partial charge in [-0.1, -0.05) is 30.1 Å². The number of likely N-dealkylation sites (N-methyl/N-ethyl adjacent to an activating group) is 1. The van der Waals surface area contributed by atoms with Gasteiger partial charge in [0.15, 0.2) is 0 Å². The molecule has 6 heteroatoms. The van der Waals surface area contributed by atoms with Crippen LogP contribution in [0.15, 0.2) is 12.1 Å². The second-order valence-electron chi connectivity index (χ2n) is 3.92. The highest BCUT2D eigenvalue weighted by Crippen LogP contribution is 2.31. The number of hydrogen-bond acceptors (Lipinski definition) is 2. The van der Waals surface area contributed by atoms with Gasteiger partial charge in [0.1, 0.15) is 5.82 Å². The summed E-state index contributed by atoms with van der Waals surface area (Å²) in [6, 6.07) is 2.28. The first-order valence-electron chi connectivity index (χ1n) is 5.47. The molecule has 1 unspecified atom stereocenters. The minimum absolute atomic E-state index is 0.0442. The second-order valence-corrected chi connectivity index (χ2v) is 4.74. The van der Waals surface area contributed by atoms with Crippen molar-refractivity contribution in [2.45, 2.75) is 19.9 Å². The maximum Gasteiger partial charge on any atom is 0.317 e. The van der Waals surface area contributed by atoms with Crippen molar-refractivity contribution < 1.29 is 14.3 Å². The molecule has 0 aliphatic heterocycles. The number of carboxylic acid groups (broad SMARTS) is 1. The minimum Gasteiger partial charge on any atom is -0.480 e. The van der Waals surface area contributed by atoms with Crippen molar-refractivity contribution >= 4 is 29.2 Å². The number of aliphatic carboxylic acids is 1. The van der Waals surface area contributed by atoms with E-state index in [-0.39, 0.29) is 17.6 Å². The molecular formula is C12H14Cl2FNO2. The quantitative estimate of drug-likeness (QED) is 0.843. The molecule has 0 bridgehead atoms. The van der Waals surface area contributed by atoms with Crippen LogP contribution in [-0.2, 0) is 4.79 Å². The Bertz CT molecular complexity index is 454. The standard InChI is InChI=1S/C12H14Cl2FNO2/c1-3-16(6-12(17)18)7(2)8-4-11(15)10(14)5-9(8)13/h4-5,7H,3,6H2,1-2H3,(H,17,18). The van der Waals surface area contributed by atoms with E-state index in [4.69, 9.17) is 28.3 Å². The third-order valence-corrected chi connectivity index (χ3v) is 3.40. The van der Waals surface area contributed by atoms with Gasteiger partial charge >= 0.3 is 5.97 Å². The molecule has 0 saturated heterocycles. The number of halogens is 3. The summed E-state index contributed by atoms with van der Waals surface area (Å²) in [6.07, 6.45) is 0. The van der Waals surface area contributed by atoms with Crippen molar-refractivity contribution in [1.82, 2.24) is 4.90 Å². The maximum atomic E-state index is 13.4. The topological polar surface area (TPSA) is 40.5 Å². The predicted molar refractivity (Wildman–Crippen MR) is 69.7 cm³/mol. The van der Waals surface area contributed by atoms with E-state index in [0.29, 0.717) is 17.1 Å². The summed E-state index contributed by atoms with van der Waals surface area (Å²) in [7, 11) is 0. The molecular weight excluding hydrogens is 280 g/mol. The molecule has 0 fully saturated rings. The average molecular weight is 294 g/mol. The van der Waals surface area contributed by atoms with Crippen LogP contribution in [0, 0.1) is 5.82 Å². The number of rotatable bonds is 5. The van der Waals surface area contributed by atoms with E-state index in [0.717, 1.165) is 0 Å². The molecule has 0 aliphatic rings. The molecule has 1 aromatic rings. The predicted octanol–water partition coefficient (Wildman–Crippen LogP) is 3.60. The summed E-state index contributed by atoms with van der Waals surface area (Å²) in [5.74, 6) is -1.50. The SMILES string of the molecule is CCN(CC(=O)O)C(C)c1cc(F)c(Cl)cc1Cl. The summed E-state index contributed by atoms with van der Waals surface area (Å²) in [4.78, 5) is 12.4. The van der Waals surface area contributed by atoms with Crippen molar-refractivity contribution in [2.24, 2.45) is 0 Å². The minimum atomic E-state index is -0.936. The molecule has 0 spiro atoms. The Balaban J connectivity index is 3.04. The van der Waals surface area contributed by atoms with E-state index in [9.17, 15) is 9.18 Å². The lowest BCUT2D eigenvalue weighted by molar-refractivity contribution is -0.138. The van der Waals surface area contributed by atoms with Crippen molar-refractivity contribution in [3.05, 3.63) is 33.6 Å². The lowest BCUT2D eigenvalue weighted by atomic mass is 10.1. The molecule has 0 heterocycles. The molecule has 0 amide bonds. The van der Waals surface area contributed by atoms with E-state index in [1.54, 1.807) is 11.8 Å². The lowest BCUT2D eigenvalue weighted by Crippen LogP contribution is -2.32. The Morgan fingerprint density at radius 1 is 1.44 bits per heavy atom. The van der Waals surface area contributed by atoms with Crippen LogP contribution >= 0.6 is 23.2 Å². The molecule has 1 N–H and O–H groups in total. The fraction of sp³-hybridized carbons (Fsp3) is 0.417. The van der Waals surface area contributed by atoms with E-state index in [2.05, 4.69) is 0 Å². The first-order chi connectivity index (χ1) is 8.36. The van der Waals surface area contributed by atoms with Crippen LogP contribution in [0.4, 0.5) is 4.39 Å². The van der Waals surface area contributed by atoms with Crippen LogP contribution in [0.3, 0.4) is 0 Å². The highest BCUT2D eigenvalue weighted by Gasteiger charge is 2.20. The molecule has 100 valence electrons. The van der Waals surface area contributed by atoms with E-state index < -0.39 is 11.8 Å². The van der Waals surface area contributed by atoms with Gasteiger partial charge in [0.2, 0.25) is 0 Å². The highest BCUT2D eigenvalue weighted by atomic mass is 35.5. The van der Waals surface area contributed by atoms with Gasteiger partial charge in [-0.25, -0.2) is 4.39 Å². The van der Waals surface area contributed by atoms with E-state index >= 15 is 0 Å². The molecule has 0 aromatic heterocycles. The number of carboxylic acids is 1. The van der Waals surface area contributed by atoms with Gasteiger partial charge in [-0.2, -0.15) is 0 Å². The zero-order chi connectivity index (χ0) is 13.9. The molecule has 3 nitrogen and oxygen atoms in total. The second kappa shape index (κ2) is 6.36. The Morgan fingerprint density at radius 3 is 2.56 bits per heavy atom. The summed E-state index contributed by atoms with van der Waals surface area (Å²) >= 11 is 11.6. The van der Waals surface area contributed by atoms with Crippen molar-refractivity contribution in [3.63, 3.8) is 0 Å². The van der Waals surface area contributed by atoms with Crippen LogP contribution in [-0.4, -0.2) is 29.1 Å². The average Bonchev–Trinajstić information content (AvgIpc) is 2.29. The molecule has 1 atom stereocenters. The van der Waals surface area contributed by atoms with Crippen molar-refractivity contribution in [1.29, 1.82) is 0 Å². The van der Waals surface area contributed by atoms with Gasteiger partial charge in [0.05, 0.1) is 11.6 Å². The molecule has 1 rings (SSSR count). The van der Waals surface area contributed by atoms with Crippen LogP contribution in [0.25, 0.3) is 0 Å². The smallest absolute Gasteiger partial charge is 0.317 e. The molecule has 1 aromatic carbocycles. The number of nitrogens with zero attached hydrogens (tertiary/aromatic N) is 1. The highest BCUT2D eigenvalue weighted by molar-refractivity contribution is 6.35. The van der Waals surface area contributed by atoms with Gasteiger partial charge in [-0.05, 0) is 31.2 Å². The van der Waals surface area contributed by atoms with Gasteiger partial charge in [0.25, 0.3) is 0 Å². The largest absolute Gasteiger partial charge is 0.480 e. The summed E-state index contributed by atoms with van der Waals surface area (Å²) in [5.41, 5.74) is 0.529. The van der Waals surface area contributed by atoms with Crippen LogP contribution < -0.4 is 0 Å². The van der Waals surface area contributed by atoms with Crippen molar-refractivity contribution in [3.8, 4) is 0 Å². The zero-order valence-corrected chi connectivity index (χ0v) is 11.6. The Morgan fingerprint density at radius 2 is 2.06 bits per heavy atom. The molecule has 0 radical (unpaired) electrons. The lowest BCUT2D eigenvalue weighted by Gasteiger charge is -2.27. The molecule has 18 heavy (non-hydrogen) atoms. The van der Waals surface area contributed by atoms with Crippen molar-refractivity contribution in [2.75, 3.05) is 13.1 Å². The number of carbonyl (C=O) groups is 1. The monoisotopic (exact) mass is 293 g/mol. The summed E-state index contributed by atoms with van der Waals surface area (Å²) in [5, 5.41) is 9.10. The summed E-state index contributed by atoms with van der Waals surface area (Å²) in [6.45, 7) is 4.01. The first-order valence-corrected chi connectivity index (χ1v) is 6.22. The van der Waals surface area contributed by atoms with Crippen LogP contribution in [0.5, 0.6) is 0 Å². The zero-order valence-electron chi connectivity index (χ0n) is 10.1. The molecule has 0 aliphatic carbocycles. The van der Waals surface area contributed by atoms with E-state index in [1.165, 1.54) is 12.1 Å². The Kier molecular flexibility index (Phi) is 5.38. The van der Waals surface area contributed by atoms with Gasteiger partial charge in [0, 0.05) is 11.1 Å². The van der Waals surface area contributed by atoms with Gasteiger partial charge < -0.3 is 5.11 Å². The fourth-order valence-electron chi connectivity index (χ4n) is 1.75. The van der Waals surface area contributed by atoms with Crippen LogP contribution in [0.2, 0.25) is 10.0 Å². The Labute approximate surface area is 115 Å². The summed E-state index contributed by atoms with van der Waals surface area (Å²) < 4.78 is 13.4. The van der Waals surface area contributed by atoms with Gasteiger partial charge in [-0.3, -0.25) is 9.69 Å². The normalized spacial score (nSPS) is 12.8.